The predicted molar refractivity (Wildman–Crippen MR) is 135 cm³/mol. The number of piperidine rings is 1. The maximum atomic E-state index is 5.02. The van der Waals surface area contributed by atoms with Crippen LogP contribution in [0.1, 0.15) is 53.9 Å². The summed E-state index contributed by atoms with van der Waals surface area (Å²) in [6.07, 6.45) is 6.86. The molecule has 0 radical (unpaired) electrons. The number of hydrogen-bond donors (Lipinski definition) is 1. The Bertz CT molecular complexity index is 1100. The Labute approximate surface area is 199 Å². The van der Waals surface area contributed by atoms with Crippen LogP contribution >= 0.6 is 15.9 Å². The fourth-order valence-corrected chi connectivity index (χ4v) is 5.44. The quantitative estimate of drug-likeness (QED) is 0.322. The number of aryl methyl sites for hydroxylation is 1. The maximum absolute atomic E-state index is 5.02. The van der Waals surface area contributed by atoms with Crippen molar-refractivity contribution in [3.63, 3.8) is 0 Å². The highest BCUT2D eigenvalue weighted by Crippen LogP contribution is 2.40. The summed E-state index contributed by atoms with van der Waals surface area (Å²) in [5.74, 6) is 1.89. The van der Waals surface area contributed by atoms with Crippen molar-refractivity contribution in [1.82, 2.24) is 14.9 Å². The van der Waals surface area contributed by atoms with Crippen molar-refractivity contribution in [3.05, 3.63) is 75.1 Å². The summed E-state index contributed by atoms with van der Waals surface area (Å²) >= 11 is 3.58. The summed E-state index contributed by atoms with van der Waals surface area (Å²) in [7, 11) is 0. The van der Waals surface area contributed by atoms with Gasteiger partial charge in [-0.25, -0.2) is 9.97 Å². The molecule has 0 amide bonds. The van der Waals surface area contributed by atoms with Crippen LogP contribution < -0.4 is 5.32 Å². The molecule has 0 bridgehead atoms. The Balaban J connectivity index is 1.38. The molecular weight excluding hydrogens is 460 g/mol. The van der Waals surface area contributed by atoms with Crippen LogP contribution in [0.5, 0.6) is 0 Å². The summed E-state index contributed by atoms with van der Waals surface area (Å²) in [5.41, 5.74) is 7.54. The van der Waals surface area contributed by atoms with Crippen molar-refractivity contribution < 1.29 is 0 Å². The topological polar surface area (TPSA) is 41.1 Å². The molecule has 1 N–H and O–H groups in total. The summed E-state index contributed by atoms with van der Waals surface area (Å²) in [6.45, 7) is 6.78. The van der Waals surface area contributed by atoms with Gasteiger partial charge in [0.2, 0.25) is 0 Å². The first kappa shape index (κ1) is 21.6. The highest BCUT2D eigenvalue weighted by molar-refractivity contribution is 9.10. The molecule has 166 valence electrons. The lowest BCUT2D eigenvalue weighted by Crippen LogP contribution is -2.31. The smallest absolute Gasteiger partial charge is 0.137 e. The summed E-state index contributed by atoms with van der Waals surface area (Å²) in [4.78, 5) is 12.6. The molecule has 1 aliphatic heterocycles. The van der Waals surface area contributed by atoms with Gasteiger partial charge < -0.3 is 10.2 Å². The second kappa shape index (κ2) is 9.72. The molecule has 1 aliphatic carbocycles. The number of hydrogen-bond acceptors (Lipinski definition) is 4. The van der Waals surface area contributed by atoms with Crippen LogP contribution in [-0.4, -0.2) is 41.0 Å². The Hall–Kier alpha value is -2.24. The minimum atomic E-state index is 0.741. The SMILES string of the molecule is Cc1ccc2c(c1)Cc1nc(Cc3cccc(Br)c3)nc(NCCCN3CCCCC3)c1-2. The monoisotopic (exact) mass is 490 g/mol. The van der Waals surface area contributed by atoms with E-state index in [1.807, 2.05) is 0 Å². The molecule has 0 unspecified atom stereocenters. The van der Waals surface area contributed by atoms with Gasteiger partial charge in [0.05, 0.1) is 5.69 Å². The average molecular weight is 491 g/mol. The number of anilines is 1. The number of nitrogens with zero attached hydrogens (tertiary/aromatic N) is 3. The van der Waals surface area contributed by atoms with E-state index in [-0.39, 0.29) is 0 Å². The van der Waals surface area contributed by atoms with Crippen LogP contribution in [0.25, 0.3) is 11.1 Å². The third-order valence-electron chi connectivity index (χ3n) is 6.56. The van der Waals surface area contributed by atoms with E-state index in [2.05, 4.69) is 75.5 Å². The third kappa shape index (κ3) is 4.89. The number of halogens is 1. The van der Waals surface area contributed by atoms with E-state index in [1.54, 1.807) is 0 Å². The van der Waals surface area contributed by atoms with Crippen molar-refractivity contribution in [2.75, 3.05) is 31.5 Å². The van der Waals surface area contributed by atoms with Crippen molar-refractivity contribution in [2.45, 2.75) is 45.4 Å². The van der Waals surface area contributed by atoms with Gasteiger partial charge in [-0.3, -0.25) is 0 Å². The molecule has 2 heterocycles. The molecule has 1 fully saturated rings. The van der Waals surface area contributed by atoms with Gasteiger partial charge in [-0.05, 0) is 74.6 Å². The Morgan fingerprint density at radius 2 is 1.91 bits per heavy atom. The molecule has 1 aromatic heterocycles. The summed E-state index contributed by atoms with van der Waals surface area (Å²) < 4.78 is 1.09. The van der Waals surface area contributed by atoms with Gasteiger partial charge in [-0.1, -0.05) is 58.2 Å². The number of likely N-dealkylation sites (tertiary alicyclic amines) is 1. The predicted octanol–water partition coefficient (Wildman–Crippen LogP) is 6.00. The Kier molecular flexibility index (Phi) is 6.56. The van der Waals surface area contributed by atoms with E-state index in [0.29, 0.717) is 0 Å². The van der Waals surface area contributed by atoms with Gasteiger partial charge >= 0.3 is 0 Å². The normalized spacial score (nSPS) is 15.4. The van der Waals surface area contributed by atoms with Gasteiger partial charge in [0, 0.05) is 29.4 Å². The summed E-state index contributed by atoms with van der Waals surface area (Å²) in [5, 5.41) is 3.69. The molecule has 2 aliphatic rings. The first-order valence-corrected chi connectivity index (χ1v) is 12.7. The Morgan fingerprint density at radius 1 is 1.03 bits per heavy atom. The maximum Gasteiger partial charge on any atom is 0.137 e. The molecular formula is C27H31BrN4. The fourth-order valence-electron chi connectivity index (χ4n) is 4.99. The number of rotatable bonds is 7. The van der Waals surface area contributed by atoms with Crippen LogP contribution in [0.2, 0.25) is 0 Å². The van der Waals surface area contributed by atoms with Crippen LogP contribution in [0.3, 0.4) is 0 Å². The summed E-state index contributed by atoms with van der Waals surface area (Å²) in [6, 6.07) is 15.2. The second-order valence-corrected chi connectivity index (χ2v) is 10.1. The molecule has 0 atom stereocenters. The highest BCUT2D eigenvalue weighted by atomic mass is 79.9. The number of fused-ring (bicyclic) bond motifs is 3. The van der Waals surface area contributed by atoms with Crippen LogP contribution in [0.4, 0.5) is 5.82 Å². The number of benzene rings is 2. The zero-order valence-electron chi connectivity index (χ0n) is 18.8. The minimum Gasteiger partial charge on any atom is -0.369 e. The molecule has 2 aromatic carbocycles. The first-order valence-electron chi connectivity index (χ1n) is 11.9. The molecule has 1 saturated heterocycles. The third-order valence-corrected chi connectivity index (χ3v) is 7.06. The van der Waals surface area contributed by atoms with Crippen LogP contribution in [-0.2, 0) is 12.8 Å². The molecule has 4 nitrogen and oxygen atoms in total. The lowest BCUT2D eigenvalue weighted by molar-refractivity contribution is 0.228. The van der Waals surface area contributed by atoms with Gasteiger partial charge in [0.25, 0.3) is 0 Å². The average Bonchev–Trinajstić information content (AvgIpc) is 3.14. The number of aromatic nitrogens is 2. The minimum absolute atomic E-state index is 0.741. The van der Waals surface area contributed by atoms with Crippen molar-refractivity contribution in [2.24, 2.45) is 0 Å². The number of nitrogens with one attached hydrogen (secondary N) is 1. The van der Waals surface area contributed by atoms with Crippen molar-refractivity contribution in [3.8, 4) is 11.1 Å². The van der Waals surface area contributed by atoms with Gasteiger partial charge in [0.15, 0.2) is 0 Å². The lowest BCUT2D eigenvalue weighted by Gasteiger charge is -2.26. The molecule has 0 spiro atoms. The van der Waals surface area contributed by atoms with E-state index in [1.165, 1.54) is 66.7 Å². The lowest BCUT2D eigenvalue weighted by atomic mass is 10.0. The molecule has 5 heteroatoms. The molecule has 3 aromatic rings. The van der Waals surface area contributed by atoms with Crippen molar-refractivity contribution in [1.29, 1.82) is 0 Å². The molecule has 0 saturated carbocycles. The highest BCUT2D eigenvalue weighted by Gasteiger charge is 2.25. The van der Waals surface area contributed by atoms with E-state index in [9.17, 15) is 0 Å². The zero-order valence-corrected chi connectivity index (χ0v) is 20.4. The largest absolute Gasteiger partial charge is 0.369 e. The van der Waals surface area contributed by atoms with E-state index >= 15 is 0 Å². The van der Waals surface area contributed by atoms with Gasteiger partial charge in [-0.15, -0.1) is 0 Å². The fraction of sp³-hybridized carbons (Fsp3) is 0.407. The molecule has 32 heavy (non-hydrogen) atoms. The standard InChI is InChI=1S/C27H31BrN4/c1-19-9-10-23-21(15-19)18-24-26(23)27(29-11-6-14-32-12-3-2-4-13-32)31-25(30-24)17-20-7-5-8-22(28)16-20/h5,7-10,15-16H,2-4,6,11-14,17-18H2,1H3,(H,29,30,31). The van der Waals surface area contributed by atoms with E-state index in [0.717, 1.165) is 47.6 Å². The second-order valence-electron chi connectivity index (χ2n) is 9.14. The van der Waals surface area contributed by atoms with Crippen molar-refractivity contribution >= 4 is 21.7 Å². The first-order chi connectivity index (χ1) is 15.7. The van der Waals surface area contributed by atoms with E-state index in [4.69, 9.17) is 9.97 Å². The zero-order chi connectivity index (χ0) is 21.9. The van der Waals surface area contributed by atoms with Crippen LogP contribution in [0.15, 0.2) is 46.9 Å². The molecule has 5 rings (SSSR count). The Morgan fingerprint density at radius 3 is 2.75 bits per heavy atom. The van der Waals surface area contributed by atoms with Crippen LogP contribution in [0, 0.1) is 6.92 Å². The van der Waals surface area contributed by atoms with E-state index < -0.39 is 0 Å². The van der Waals surface area contributed by atoms with Gasteiger partial charge in [-0.2, -0.15) is 0 Å². The van der Waals surface area contributed by atoms with Gasteiger partial charge in [0.1, 0.15) is 11.6 Å².